The minimum Gasteiger partial charge on any atom is -0.545 e. The lowest BCUT2D eigenvalue weighted by Crippen LogP contribution is -2.44. The van der Waals surface area contributed by atoms with E-state index in [1.807, 2.05) is 21.1 Å². The molecular formula is C94H141NO8. The zero-order valence-electron chi connectivity index (χ0n) is 65.1. The molecule has 103 heavy (non-hydrogen) atoms. The lowest BCUT2D eigenvalue weighted by molar-refractivity contribution is -0.870. The van der Waals surface area contributed by atoms with Gasteiger partial charge in [0.1, 0.15) is 13.2 Å². The van der Waals surface area contributed by atoms with Crippen molar-refractivity contribution in [2.45, 2.75) is 257 Å². The number of unbranched alkanes of at least 4 members (excludes halogenated alkanes) is 10. The summed E-state index contributed by atoms with van der Waals surface area (Å²) in [5.41, 5.74) is 0. The van der Waals surface area contributed by atoms with E-state index in [4.69, 9.17) is 18.9 Å². The molecule has 0 aliphatic heterocycles. The van der Waals surface area contributed by atoms with Crippen molar-refractivity contribution >= 4 is 17.9 Å². The van der Waals surface area contributed by atoms with Crippen molar-refractivity contribution in [2.24, 2.45) is 0 Å². The van der Waals surface area contributed by atoms with Crippen LogP contribution in [-0.4, -0.2) is 82.3 Å². The summed E-state index contributed by atoms with van der Waals surface area (Å²) in [7, 11) is 5.90. The molecule has 570 valence electrons. The molecule has 9 nitrogen and oxygen atoms in total. The van der Waals surface area contributed by atoms with Crippen molar-refractivity contribution in [1.82, 2.24) is 0 Å². The van der Waals surface area contributed by atoms with Crippen molar-refractivity contribution in [3.8, 4) is 0 Å². The van der Waals surface area contributed by atoms with E-state index in [0.717, 1.165) is 205 Å². The fourth-order valence-electron chi connectivity index (χ4n) is 9.54. The molecular weight excluding hydrogens is 1270 g/mol. The summed E-state index contributed by atoms with van der Waals surface area (Å²) < 4.78 is 22.8. The Bertz CT molecular complexity index is 2710. The fraction of sp³-hybridized carbons (Fsp3) is 0.500. The Hall–Kier alpha value is -7.43. The molecule has 2 atom stereocenters. The molecule has 0 spiro atoms. The second-order valence-corrected chi connectivity index (χ2v) is 26.2. The van der Waals surface area contributed by atoms with Crippen LogP contribution < -0.4 is 5.11 Å². The second-order valence-electron chi connectivity index (χ2n) is 26.2. The number of allylic oxidation sites excluding steroid dienone is 44. The molecule has 0 aromatic heterocycles. The number of rotatable bonds is 69. The summed E-state index contributed by atoms with van der Waals surface area (Å²) in [5.74, 6) is -2.37. The monoisotopic (exact) mass is 1410 g/mol. The maximum atomic E-state index is 13.0. The number of carbonyl (C=O) groups excluding carboxylic acids is 3. The van der Waals surface area contributed by atoms with Crippen molar-refractivity contribution < 1.29 is 42.9 Å². The lowest BCUT2D eigenvalue weighted by atomic mass is 10.1. The number of carbonyl (C=O) groups is 3. The van der Waals surface area contributed by atoms with Crippen LogP contribution in [0.15, 0.2) is 267 Å². The molecule has 0 heterocycles. The quantitative estimate of drug-likeness (QED) is 0.0195. The van der Waals surface area contributed by atoms with Crippen molar-refractivity contribution in [3.05, 3.63) is 267 Å². The first-order valence-electron chi connectivity index (χ1n) is 39.5. The third-order valence-corrected chi connectivity index (χ3v) is 15.5. The van der Waals surface area contributed by atoms with Crippen LogP contribution in [0.1, 0.15) is 245 Å². The van der Waals surface area contributed by atoms with Gasteiger partial charge >= 0.3 is 11.9 Å². The molecule has 0 bridgehead atoms. The Kier molecular flexibility index (Phi) is 74.5. The third kappa shape index (κ3) is 81.7. The van der Waals surface area contributed by atoms with Gasteiger partial charge in [-0.2, -0.15) is 0 Å². The Morgan fingerprint density at radius 3 is 0.777 bits per heavy atom. The molecule has 0 saturated carbocycles. The van der Waals surface area contributed by atoms with E-state index in [1.165, 1.54) is 0 Å². The molecule has 0 rings (SSSR count). The van der Waals surface area contributed by atoms with Crippen molar-refractivity contribution in [2.75, 3.05) is 47.5 Å². The number of likely N-dealkylation sites (N-methyl/N-ethyl adjacent to an activating group) is 1. The molecule has 0 radical (unpaired) electrons. The van der Waals surface area contributed by atoms with Gasteiger partial charge in [-0.05, 0) is 180 Å². The first-order chi connectivity index (χ1) is 50.6. The van der Waals surface area contributed by atoms with Crippen LogP contribution in [0, 0.1) is 0 Å². The topological polar surface area (TPSA) is 111 Å². The minimum atomic E-state index is -1.65. The van der Waals surface area contributed by atoms with Gasteiger partial charge in [-0.1, -0.05) is 320 Å². The number of quaternary nitrogens is 1. The van der Waals surface area contributed by atoms with E-state index < -0.39 is 30.3 Å². The summed E-state index contributed by atoms with van der Waals surface area (Å²) in [6, 6.07) is 0. The second kappa shape index (κ2) is 80.3. The number of esters is 2. The van der Waals surface area contributed by atoms with Gasteiger partial charge in [-0.15, -0.1) is 0 Å². The number of aliphatic carboxylic acids is 1. The van der Waals surface area contributed by atoms with Gasteiger partial charge in [0.2, 0.25) is 0 Å². The Labute approximate surface area is 629 Å². The Morgan fingerprint density at radius 1 is 0.291 bits per heavy atom. The smallest absolute Gasteiger partial charge is 0.306 e. The molecule has 0 aliphatic carbocycles. The number of hydrogen-bond donors (Lipinski definition) is 0. The molecule has 0 saturated heterocycles. The predicted octanol–water partition coefficient (Wildman–Crippen LogP) is 24.6. The molecule has 9 heteroatoms. The maximum absolute atomic E-state index is 13.0. The number of carboxylic acid groups (broad SMARTS) is 1. The first kappa shape index (κ1) is 95.6. The van der Waals surface area contributed by atoms with E-state index in [1.54, 1.807) is 0 Å². The largest absolute Gasteiger partial charge is 0.545 e. The minimum absolute atomic E-state index is 0.125. The predicted molar refractivity (Wildman–Crippen MR) is 443 cm³/mol. The van der Waals surface area contributed by atoms with Crippen LogP contribution in [0.5, 0.6) is 0 Å². The highest BCUT2D eigenvalue weighted by molar-refractivity contribution is 5.70. The Morgan fingerprint density at radius 2 is 0.524 bits per heavy atom. The van der Waals surface area contributed by atoms with Gasteiger partial charge in [-0.25, -0.2) is 0 Å². The van der Waals surface area contributed by atoms with Crippen LogP contribution >= 0.6 is 0 Å². The van der Waals surface area contributed by atoms with E-state index in [0.29, 0.717) is 23.9 Å². The number of carboxylic acids is 1. The normalized spacial score (nSPS) is 14.1. The number of nitrogens with zero attached hydrogens (tertiary/aromatic N) is 1. The van der Waals surface area contributed by atoms with Gasteiger partial charge in [0.15, 0.2) is 12.4 Å². The number of ether oxygens (including phenoxy) is 4. The van der Waals surface area contributed by atoms with E-state index in [2.05, 4.69) is 281 Å². The SMILES string of the molecule is CC/C=C\C/C=C\C/C=C\C/C=C\C/C=C\C/C=C\C/C=C\C/C=C\C/C=C\C/C=C\C/C=C\CCCCCCCC(=O)OCC(COC(OCC[N+](C)(C)C)C(=O)[O-])OC(=O)CCCCCCC/C=C\C/C=C\C/C=C\C/C=C\C/C=C\C/C=C\C/C=C\C/C=C\C/C=C\C/C=C\C/C=C\CC. The number of hydrogen-bond acceptors (Lipinski definition) is 8. The van der Waals surface area contributed by atoms with E-state index >= 15 is 0 Å². The molecule has 0 aromatic rings. The molecule has 0 N–H and O–H groups in total. The van der Waals surface area contributed by atoms with Crippen LogP contribution in [-0.2, 0) is 33.3 Å². The molecule has 0 aliphatic rings. The van der Waals surface area contributed by atoms with Crippen LogP contribution in [0.4, 0.5) is 0 Å². The van der Waals surface area contributed by atoms with Gasteiger partial charge in [0.25, 0.3) is 0 Å². The molecule has 0 fully saturated rings. The molecule has 0 amide bonds. The van der Waals surface area contributed by atoms with Crippen molar-refractivity contribution in [1.29, 1.82) is 0 Å². The summed E-state index contributed by atoms with van der Waals surface area (Å²) >= 11 is 0. The highest BCUT2D eigenvalue weighted by Gasteiger charge is 2.22. The molecule has 0 aromatic carbocycles. The average Bonchev–Trinajstić information content (AvgIpc) is 1.06. The van der Waals surface area contributed by atoms with Crippen LogP contribution in [0.2, 0.25) is 0 Å². The highest BCUT2D eigenvalue weighted by atomic mass is 16.7. The first-order valence-corrected chi connectivity index (χ1v) is 39.5. The van der Waals surface area contributed by atoms with Crippen molar-refractivity contribution in [3.63, 3.8) is 0 Å². The van der Waals surface area contributed by atoms with Gasteiger partial charge in [0, 0.05) is 12.8 Å². The summed E-state index contributed by atoms with van der Waals surface area (Å²) in [5, 5.41) is 11.9. The maximum Gasteiger partial charge on any atom is 0.306 e. The molecule has 2 unspecified atom stereocenters. The van der Waals surface area contributed by atoms with Gasteiger partial charge < -0.3 is 33.3 Å². The third-order valence-electron chi connectivity index (χ3n) is 15.5. The van der Waals surface area contributed by atoms with E-state index in [-0.39, 0.29) is 32.7 Å². The Balaban J connectivity index is 4.27. The van der Waals surface area contributed by atoms with E-state index in [9.17, 15) is 19.5 Å². The van der Waals surface area contributed by atoms with Crippen LogP contribution in [0.3, 0.4) is 0 Å². The van der Waals surface area contributed by atoms with Gasteiger partial charge in [0.05, 0.1) is 40.3 Å². The van der Waals surface area contributed by atoms with Crippen LogP contribution in [0.25, 0.3) is 0 Å². The summed E-state index contributed by atoms with van der Waals surface area (Å²) in [6.07, 6.45) is 129. The summed E-state index contributed by atoms with van der Waals surface area (Å²) in [6.45, 7) is 4.43. The summed E-state index contributed by atoms with van der Waals surface area (Å²) in [4.78, 5) is 37.6. The lowest BCUT2D eigenvalue weighted by Gasteiger charge is -2.26. The fourth-order valence-corrected chi connectivity index (χ4v) is 9.54. The highest BCUT2D eigenvalue weighted by Crippen LogP contribution is 2.13. The standard InChI is InChI=1S/C94H141NO8/c1-6-8-10-12-14-16-18-20-22-24-26-28-30-32-34-36-38-40-42-44-46-48-50-52-54-56-58-60-62-64-66-68-70-72-74-76-78-80-82-84-91(96)101-88-90(89-102-94(93(98)99)100-87-86-95(3,4)5)103-92(97)85-83-81-79-77-75-73-71-69-67-65-63-61-59-57-55-53-51-49-47-45-43-41-39-37-35-33-31-29-27-25-23-21-19-17-15-13-11-9-7-2/h8-11,14-17,20-23,26-29,32-35,38-41,44-47,50-53,56-59,62-65,68-71,90,94H,6-7,12-13,18-19,24-25,30-31,36-37,42-43,48-49,54-55,60-61,66-67,72-89H2,1-5H3/b10-8-,11-9-,16-14-,17-15-,22-20-,23-21-,28-26-,29-27-,34-32-,35-33-,40-38-,41-39-,46-44-,47-45-,52-50-,53-51-,58-56-,59-57-,64-62-,65-63-,70-68-,71-69-. The zero-order valence-corrected chi connectivity index (χ0v) is 65.1. The zero-order chi connectivity index (χ0) is 74.6. The average molecular weight is 1410 g/mol. The van der Waals surface area contributed by atoms with Gasteiger partial charge in [-0.3, -0.25) is 9.59 Å².